The molecule has 1 saturated heterocycles. The van der Waals surface area contributed by atoms with Gasteiger partial charge in [0.05, 0.1) is 22.7 Å². The Bertz CT molecular complexity index is 1090. The van der Waals surface area contributed by atoms with E-state index in [-0.39, 0.29) is 18.4 Å². The summed E-state index contributed by atoms with van der Waals surface area (Å²) in [5.74, 6) is -0.773. The molecule has 2 heterocycles. The summed E-state index contributed by atoms with van der Waals surface area (Å²) in [5.41, 5.74) is 1.99. The highest BCUT2D eigenvalue weighted by Crippen LogP contribution is 2.18. The van der Waals surface area contributed by atoms with Crippen molar-refractivity contribution in [2.45, 2.75) is 6.54 Å². The average molecular weight is 463 g/mol. The Morgan fingerprint density at radius 3 is 2.27 bits per heavy atom. The molecule has 0 radical (unpaired) electrons. The van der Waals surface area contributed by atoms with Gasteiger partial charge in [-0.05, 0) is 29.1 Å². The monoisotopic (exact) mass is 462 g/mol. The molecule has 170 valence electrons. The first-order chi connectivity index (χ1) is 16.1. The summed E-state index contributed by atoms with van der Waals surface area (Å²) in [6, 6.07) is 20.6. The highest BCUT2D eigenvalue weighted by molar-refractivity contribution is 7.12. The fraction of sp³-hybridized carbons (Fsp3) is 0.240. The van der Waals surface area contributed by atoms with Gasteiger partial charge in [-0.1, -0.05) is 48.5 Å². The second-order valence-corrected chi connectivity index (χ2v) is 8.75. The van der Waals surface area contributed by atoms with Gasteiger partial charge in [-0.3, -0.25) is 19.3 Å². The first-order valence-electron chi connectivity index (χ1n) is 10.9. The fourth-order valence-corrected chi connectivity index (χ4v) is 4.36. The molecule has 1 fully saturated rings. The Balaban J connectivity index is 1.27. The van der Waals surface area contributed by atoms with Crippen molar-refractivity contribution in [3.8, 4) is 0 Å². The molecule has 33 heavy (non-hydrogen) atoms. The molecule has 0 saturated carbocycles. The third kappa shape index (κ3) is 6.06. The number of para-hydroxylation sites is 1. The van der Waals surface area contributed by atoms with E-state index in [0.717, 1.165) is 19.6 Å². The summed E-state index contributed by atoms with van der Waals surface area (Å²) in [5, 5.41) is 7.30. The largest absolute Gasteiger partial charge is 0.343 e. The predicted octanol–water partition coefficient (Wildman–Crippen LogP) is 3.07. The minimum absolute atomic E-state index is 0.0786. The first-order valence-corrected chi connectivity index (χ1v) is 11.7. The Kier molecular flexibility index (Phi) is 7.49. The van der Waals surface area contributed by atoms with Crippen LogP contribution in [-0.4, -0.2) is 60.2 Å². The zero-order valence-corrected chi connectivity index (χ0v) is 19.0. The van der Waals surface area contributed by atoms with Gasteiger partial charge in [-0.2, -0.15) is 0 Å². The number of carbonyl (C=O) groups is 3. The normalized spacial score (nSPS) is 14.0. The van der Waals surface area contributed by atoms with Crippen LogP contribution in [0.3, 0.4) is 0 Å². The fourth-order valence-electron chi connectivity index (χ4n) is 3.74. The molecule has 4 rings (SSSR count). The third-order valence-electron chi connectivity index (χ3n) is 5.54. The van der Waals surface area contributed by atoms with Gasteiger partial charge < -0.3 is 15.5 Å². The average Bonchev–Trinajstić information content (AvgIpc) is 3.39. The van der Waals surface area contributed by atoms with Gasteiger partial charge in [-0.15, -0.1) is 11.3 Å². The van der Waals surface area contributed by atoms with Crippen molar-refractivity contribution in [3.63, 3.8) is 0 Å². The summed E-state index contributed by atoms with van der Waals surface area (Å²) in [4.78, 5) is 42.4. The van der Waals surface area contributed by atoms with E-state index < -0.39 is 5.91 Å². The smallest absolute Gasteiger partial charge is 0.265 e. The first kappa shape index (κ1) is 22.7. The van der Waals surface area contributed by atoms with Crippen molar-refractivity contribution < 1.29 is 14.4 Å². The molecule has 8 heteroatoms. The van der Waals surface area contributed by atoms with Crippen molar-refractivity contribution in [2.75, 3.05) is 38.0 Å². The van der Waals surface area contributed by atoms with Gasteiger partial charge in [0.15, 0.2) is 0 Å². The molecular weight excluding hydrogens is 436 g/mol. The Morgan fingerprint density at radius 2 is 1.55 bits per heavy atom. The predicted molar refractivity (Wildman–Crippen MR) is 129 cm³/mol. The minimum atomic E-state index is -0.395. The molecule has 0 aliphatic carbocycles. The highest BCUT2D eigenvalue weighted by Gasteiger charge is 2.22. The number of hydrogen-bond acceptors (Lipinski definition) is 5. The lowest BCUT2D eigenvalue weighted by Gasteiger charge is -2.34. The SMILES string of the molecule is O=C(Nc1ccccc1C(=O)NCC(=O)N1CCN(Cc2ccccc2)CC1)c1cccs1. The standard InChI is InChI=1S/C25H26N4O3S/c30-23(29-14-12-28(13-15-29)18-19-7-2-1-3-8-19)17-26-24(31)20-9-4-5-10-21(20)27-25(32)22-11-6-16-33-22/h1-11,16H,12-15,17-18H2,(H,26,31)(H,27,32). The van der Waals surface area contributed by atoms with Crippen LogP contribution in [-0.2, 0) is 11.3 Å². The zero-order chi connectivity index (χ0) is 23.0. The summed E-state index contributed by atoms with van der Waals surface area (Å²) >= 11 is 1.33. The van der Waals surface area contributed by atoms with Crippen LogP contribution in [0.15, 0.2) is 72.1 Å². The Hall–Kier alpha value is -3.49. The van der Waals surface area contributed by atoms with Crippen LogP contribution in [0.1, 0.15) is 25.6 Å². The Labute approximate surface area is 197 Å². The lowest BCUT2D eigenvalue weighted by Crippen LogP contribution is -2.50. The number of benzene rings is 2. The minimum Gasteiger partial charge on any atom is -0.343 e. The van der Waals surface area contributed by atoms with E-state index in [9.17, 15) is 14.4 Å². The van der Waals surface area contributed by atoms with Crippen molar-refractivity contribution in [1.29, 1.82) is 0 Å². The lowest BCUT2D eigenvalue weighted by molar-refractivity contribution is -0.131. The number of carbonyl (C=O) groups excluding carboxylic acids is 3. The molecule has 0 spiro atoms. The second-order valence-electron chi connectivity index (χ2n) is 7.80. The van der Waals surface area contributed by atoms with Gasteiger partial charge in [0.25, 0.3) is 11.8 Å². The molecule has 2 aromatic carbocycles. The van der Waals surface area contributed by atoms with E-state index in [4.69, 9.17) is 0 Å². The van der Waals surface area contributed by atoms with Crippen LogP contribution in [0.25, 0.3) is 0 Å². The van der Waals surface area contributed by atoms with Crippen molar-refractivity contribution in [3.05, 3.63) is 88.1 Å². The maximum absolute atomic E-state index is 12.7. The van der Waals surface area contributed by atoms with Gasteiger partial charge in [0, 0.05) is 32.7 Å². The van der Waals surface area contributed by atoms with Gasteiger partial charge in [-0.25, -0.2) is 0 Å². The number of amides is 3. The number of hydrogen-bond donors (Lipinski definition) is 2. The number of anilines is 1. The molecule has 3 amide bonds. The van der Waals surface area contributed by atoms with E-state index >= 15 is 0 Å². The topological polar surface area (TPSA) is 81.8 Å². The summed E-state index contributed by atoms with van der Waals surface area (Å²) in [6.07, 6.45) is 0. The van der Waals surface area contributed by atoms with Crippen LogP contribution in [0.4, 0.5) is 5.69 Å². The molecule has 7 nitrogen and oxygen atoms in total. The third-order valence-corrected chi connectivity index (χ3v) is 6.41. The number of piperazine rings is 1. The summed E-state index contributed by atoms with van der Waals surface area (Å²) in [7, 11) is 0. The van der Waals surface area contributed by atoms with E-state index in [1.807, 2.05) is 23.6 Å². The van der Waals surface area contributed by atoms with Gasteiger partial charge >= 0.3 is 0 Å². The summed E-state index contributed by atoms with van der Waals surface area (Å²) in [6.45, 7) is 3.65. The van der Waals surface area contributed by atoms with Crippen molar-refractivity contribution in [1.82, 2.24) is 15.1 Å². The van der Waals surface area contributed by atoms with Crippen LogP contribution in [0, 0.1) is 0 Å². The quantitative estimate of drug-likeness (QED) is 0.566. The van der Waals surface area contributed by atoms with E-state index in [0.29, 0.717) is 29.2 Å². The highest BCUT2D eigenvalue weighted by atomic mass is 32.1. The van der Waals surface area contributed by atoms with E-state index in [1.54, 1.807) is 41.3 Å². The molecule has 0 bridgehead atoms. The molecule has 1 aliphatic heterocycles. The molecule has 0 atom stereocenters. The number of rotatable bonds is 7. The summed E-state index contributed by atoms with van der Waals surface area (Å²) < 4.78 is 0. The molecule has 0 unspecified atom stereocenters. The Morgan fingerprint density at radius 1 is 0.818 bits per heavy atom. The zero-order valence-electron chi connectivity index (χ0n) is 18.2. The maximum atomic E-state index is 12.7. The van der Waals surface area contributed by atoms with Crippen LogP contribution < -0.4 is 10.6 Å². The number of nitrogens with one attached hydrogen (secondary N) is 2. The van der Waals surface area contributed by atoms with Crippen molar-refractivity contribution in [2.24, 2.45) is 0 Å². The molecule has 1 aliphatic rings. The van der Waals surface area contributed by atoms with Gasteiger partial charge in [0.1, 0.15) is 0 Å². The number of nitrogens with zero attached hydrogens (tertiary/aromatic N) is 2. The van der Waals surface area contributed by atoms with Crippen molar-refractivity contribution >= 4 is 34.7 Å². The molecule has 3 aromatic rings. The second kappa shape index (κ2) is 10.9. The maximum Gasteiger partial charge on any atom is 0.265 e. The van der Waals surface area contributed by atoms with Crippen LogP contribution >= 0.6 is 11.3 Å². The molecular formula is C25H26N4O3S. The molecule has 1 aromatic heterocycles. The van der Waals surface area contributed by atoms with Crippen LogP contribution in [0.5, 0.6) is 0 Å². The van der Waals surface area contributed by atoms with Crippen LogP contribution in [0.2, 0.25) is 0 Å². The van der Waals surface area contributed by atoms with E-state index in [1.165, 1.54) is 16.9 Å². The molecule has 2 N–H and O–H groups in total. The van der Waals surface area contributed by atoms with E-state index in [2.05, 4.69) is 27.7 Å². The number of thiophene rings is 1. The van der Waals surface area contributed by atoms with Gasteiger partial charge in [0.2, 0.25) is 5.91 Å². The lowest BCUT2D eigenvalue weighted by atomic mass is 10.1.